The number of ether oxygens (including phenoxy) is 1. The Morgan fingerprint density at radius 1 is 0.963 bits per heavy atom. The summed E-state index contributed by atoms with van der Waals surface area (Å²) in [6.07, 6.45) is 9.05. The van der Waals surface area contributed by atoms with E-state index < -0.39 is 0 Å². The molecule has 3 heteroatoms. The van der Waals surface area contributed by atoms with Gasteiger partial charge in [-0.15, -0.1) is 0 Å². The third-order valence-corrected chi connectivity index (χ3v) is 8.81. The first-order valence-corrected chi connectivity index (χ1v) is 12.2. The van der Waals surface area contributed by atoms with Gasteiger partial charge < -0.3 is 4.74 Å². The summed E-state index contributed by atoms with van der Waals surface area (Å²) >= 11 is 0. The standard InChI is InChI=1S/C24H41NOSi/c1-18-16-25(17-19(2)26-18)24(27,22-9-7-6-8-10-22)15-20-11-13-21(14-12-20)23(3,4)5/h11-14,18-19,22H,6-10,15-17H2,1-5,27H3. The van der Waals surface area contributed by atoms with Gasteiger partial charge in [0.15, 0.2) is 0 Å². The van der Waals surface area contributed by atoms with E-state index in [0.717, 1.165) is 19.0 Å². The minimum absolute atomic E-state index is 0.231. The normalized spacial score (nSPS) is 28.2. The molecule has 0 N–H and O–H groups in total. The molecule has 0 bridgehead atoms. The molecule has 3 atom stereocenters. The zero-order valence-corrected chi connectivity index (χ0v) is 20.6. The minimum Gasteiger partial charge on any atom is -0.373 e. The van der Waals surface area contributed by atoms with Crippen LogP contribution in [0.25, 0.3) is 0 Å². The van der Waals surface area contributed by atoms with Crippen molar-refractivity contribution in [3.63, 3.8) is 0 Å². The topological polar surface area (TPSA) is 12.5 Å². The largest absolute Gasteiger partial charge is 0.373 e. The summed E-state index contributed by atoms with van der Waals surface area (Å²) in [5.74, 6) is 0.859. The second-order valence-electron chi connectivity index (χ2n) is 10.5. The molecular weight excluding hydrogens is 346 g/mol. The van der Waals surface area contributed by atoms with E-state index in [0.29, 0.717) is 17.4 Å². The zero-order valence-electron chi connectivity index (χ0n) is 18.6. The smallest absolute Gasteiger partial charge is 0.0678 e. The van der Waals surface area contributed by atoms with Crippen molar-refractivity contribution in [1.82, 2.24) is 4.90 Å². The van der Waals surface area contributed by atoms with Gasteiger partial charge in [-0.1, -0.05) is 64.3 Å². The maximum atomic E-state index is 6.08. The molecule has 2 nitrogen and oxygen atoms in total. The van der Waals surface area contributed by atoms with Crippen LogP contribution in [0.1, 0.15) is 77.8 Å². The van der Waals surface area contributed by atoms with Crippen molar-refractivity contribution in [3.05, 3.63) is 35.4 Å². The van der Waals surface area contributed by atoms with Crippen molar-refractivity contribution in [1.29, 1.82) is 0 Å². The number of morpholine rings is 1. The third kappa shape index (κ3) is 5.05. The number of nitrogens with zero attached hydrogens (tertiary/aromatic N) is 1. The number of rotatable bonds is 4. The Bertz CT molecular complexity index is 592. The lowest BCUT2D eigenvalue weighted by atomic mass is 9.79. The highest BCUT2D eigenvalue weighted by Gasteiger charge is 2.42. The van der Waals surface area contributed by atoms with E-state index in [1.165, 1.54) is 59.9 Å². The highest BCUT2D eigenvalue weighted by Crippen LogP contribution is 2.38. The molecule has 1 saturated heterocycles. The maximum Gasteiger partial charge on any atom is 0.0678 e. The van der Waals surface area contributed by atoms with E-state index in [9.17, 15) is 0 Å². The molecule has 1 aromatic carbocycles. The molecule has 1 aromatic rings. The van der Waals surface area contributed by atoms with E-state index in [-0.39, 0.29) is 5.41 Å². The van der Waals surface area contributed by atoms with Gasteiger partial charge in [-0.3, -0.25) is 4.90 Å². The predicted octanol–water partition coefficient (Wildman–Crippen LogP) is 4.28. The Morgan fingerprint density at radius 3 is 2.04 bits per heavy atom. The first-order valence-electron chi connectivity index (χ1n) is 11.2. The first-order chi connectivity index (χ1) is 12.7. The predicted molar refractivity (Wildman–Crippen MR) is 120 cm³/mol. The lowest BCUT2D eigenvalue weighted by Gasteiger charge is -2.52. The zero-order chi connectivity index (χ0) is 19.7. The van der Waals surface area contributed by atoms with Gasteiger partial charge in [0, 0.05) is 28.5 Å². The quantitative estimate of drug-likeness (QED) is 0.715. The fourth-order valence-corrected chi connectivity index (χ4v) is 6.72. The Balaban J connectivity index is 1.85. The van der Waals surface area contributed by atoms with Crippen LogP contribution in [0.5, 0.6) is 0 Å². The van der Waals surface area contributed by atoms with E-state index >= 15 is 0 Å². The highest BCUT2D eigenvalue weighted by molar-refractivity contribution is 6.15. The number of benzene rings is 1. The fraction of sp³-hybridized carbons (Fsp3) is 0.750. The molecule has 27 heavy (non-hydrogen) atoms. The lowest BCUT2D eigenvalue weighted by molar-refractivity contribution is -0.0982. The van der Waals surface area contributed by atoms with Gasteiger partial charge in [0.25, 0.3) is 0 Å². The van der Waals surface area contributed by atoms with Crippen LogP contribution >= 0.6 is 0 Å². The molecule has 0 spiro atoms. The van der Waals surface area contributed by atoms with Crippen LogP contribution in [0, 0.1) is 5.92 Å². The van der Waals surface area contributed by atoms with E-state index in [2.05, 4.69) is 63.8 Å². The van der Waals surface area contributed by atoms with Gasteiger partial charge in [-0.05, 0) is 55.6 Å². The minimum atomic E-state index is 0.231. The summed E-state index contributed by atoms with van der Waals surface area (Å²) in [5, 5.41) is 0.371. The molecule has 2 fully saturated rings. The fourth-order valence-electron chi connectivity index (χ4n) is 5.37. The SMILES string of the molecule is CC1CN(C([SiH3])(Cc2ccc(C(C)(C)C)cc2)C2CCCCC2)CC(C)O1. The molecule has 1 aliphatic carbocycles. The van der Waals surface area contributed by atoms with E-state index in [1.54, 1.807) is 0 Å². The molecule has 1 saturated carbocycles. The summed E-state index contributed by atoms with van der Waals surface area (Å²) in [6, 6.07) is 9.54. The Morgan fingerprint density at radius 2 is 1.52 bits per heavy atom. The molecule has 152 valence electrons. The van der Waals surface area contributed by atoms with Crippen LogP contribution < -0.4 is 0 Å². The maximum absolute atomic E-state index is 6.08. The van der Waals surface area contributed by atoms with E-state index in [4.69, 9.17) is 4.74 Å². The van der Waals surface area contributed by atoms with Gasteiger partial charge in [0.1, 0.15) is 0 Å². The van der Waals surface area contributed by atoms with Crippen molar-refractivity contribution in [2.45, 2.75) is 95.9 Å². The number of hydrogen-bond acceptors (Lipinski definition) is 2. The molecule has 0 aromatic heterocycles. The summed E-state index contributed by atoms with van der Waals surface area (Å²) in [6.45, 7) is 13.6. The van der Waals surface area contributed by atoms with Gasteiger partial charge in [0.05, 0.1) is 12.2 Å². The van der Waals surface area contributed by atoms with Crippen LogP contribution in [0.15, 0.2) is 24.3 Å². The van der Waals surface area contributed by atoms with Crippen molar-refractivity contribution in [2.24, 2.45) is 5.92 Å². The summed E-state index contributed by atoms with van der Waals surface area (Å²) in [4.78, 5) is 2.84. The Labute approximate surface area is 170 Å². The van der Waals surface area contributed by atoms with Crippen molar-refractivity contribution in [3.8, 4) is 0 Å². The lowest BCUT2D eigenvalue weighted by Crippen LogP contribution is -2.62. The Kier molecular flexibility index (Phi) is 6.54. The van der Waals surface area contributed by atoms with Crippen LogP contribution in [0.4, 0.5) is 0 Å². The highest BCUT2D eigenvalue weighted by atomic mass is 28.1. The molecular formula is C24H41NOSi. The molecule has 3 rings (SSSR count). The summed E-state index contributed by atoms with van der Waals surface area (Å²) in [7, 11) is 1.23. The monoisotopic (exact) mass is 387 g/mol. The van der Waals surface area contributed by atoms with Crippen molar-refractivity contribution in [2.75, 3.05) is 13.1 Å². The molecule has 2 aliphatic rings. The third-order valence-electron chi connectivity index (χ3n) is 7.01. The second-order valence-corrected chi connectivity index (χ2v) is 12.2. The molecule has 0 amide bonds. The van der Waals surface area contributed by atoms with Crippen molar-refractivity contribution >= 4 is 10.2 Å². The van der Waals surface area contributed by atoms with Crippen molar-refractivity contribution < 1.29 is 4.74 Å². The molecule has 0 radical (unpaired) electrons. The van der Waals surface area contributed by atoms with Crippen LogP contribution in [-0.2, 0) is 16.6 Å². The van der Waals surface area contributed by atoms with Gasteiger partial charge in [-0.25, -0.2) is 0 Å². The van der Waals surface area contributed by atoms with Crippen LogP contribution in [0.3, 0.4) is 0 Å². The van der Waals surface area contributed by atoms with Crippen LogP contribution in [-0.4, -0.2) is 45.6 Å². The van der Waals surface area contributed by atoms with Gasteiger partial charge in [-0.2, -0.15) is 0 Å². The summed E-state index contributed by atoms with van der Waals surface area (Å²) < 4.78 is 6.08. The van der Waals surface area contributed by atoms with E-state index in [1.807, 2.05) is 0 Å². The second kappa shape index (κ2) is 8.38. The average molecular weight is 388 g/mol. The molecule has 3 unspecified atom stereocenters. The Hall–Kier alpha value is -0.643. The average Bonchev–Trinajstić information content (AvgIpc) is 2.61. The number of hydrogen-bond donors (Lipinski definition) is 0. The van der Waals surface area contributed by atoms with Gasteiger partial charge >= 0.3 is 0 Å². The first kappa shape index (κ1) is 21.1. The summed E-state index contributed by atoms with van der Waals surface area (Å²) in [5.41, 5.74) is 3.20. The van der Waals surface area contributed by atoms with Crippen LogP contribution in [0.2, 0.25) is 0 Å². The van der Waals surface area contributed by atoms with Gasteiger partial charge in [0.2, 0.25) is 0 Å². The molecule has 1 heterocycles. The molecule has 1 aliphatic heterocycles.